The maximum Gasteiger partial charge on any atom is 0.272 e. The molecule has 3 heterocycles. The largest absolute Gasteiger partial charge is 0.338 e. The van der Waals surface area contributed by atoms with Crippen molar-refractivity contribution in [1.82, 2.24) is 19.7 Å². The number of hydrogen-bond acceptors (Lipinski definition) is 5. The van der Waals surface area contributed by atoms with Crippen LogP contribution >= 0.6 is 0 Å². The first-order chi connectivity index (χ1) is 13.6. The molecule has 8 heteroatoms. The van der Waals surface area contributed by atoms with Gasteiger partial charge in [-0.25, -0.2) is 0 Å². The number of carbonyl (C=O) groups is 4. The second kappa shape index (κ2) is 7.22. The van der Waals surface area contributed by atoms with Crippen molar-refractivity contribution in [2.45, 2.75) is 0 Å². The number of amides is 4. The van der Waals surface area contributed by atoms with Crippen LogP contribution in [-0.2, 0) is 4.79 Å². The number of benzene rings is 1. The Labute approximate surface area is 161 Å². The van der Waals surface area contributed by atoms with Gasteiger partial charge in [-0.2, -0.15) is 0 Å². The number of carbonyl (C=O) groups excluding carboxylic acids is 4. The number of imide groups is 1. The first-order valence-electron chi connectivity index (χ1n) is 8.99. The molecule has 0 bridgehead atoms. The van der Waals surface area contributed by atoms with Gasteiger partial charge >= 0.3 is 0 Å². The van der Waals surface area contributed by atoms with Crippen LogP contribution in [0.3, 0.4) is 0 Å². The normalized spacial score (nSPS) is 16.4. The van der Waals surface area contributed by atoms with E-state index in [4.69, 9.17) is 0 Å². The van der Waals surface area contributed by atoms with Crippen LogP contribution < -0.4 is 0 Å². The molecule has 0 saturated carbocycles. The standard InChI is InChI=1S/C20H18N4O4/c25-17(13-24-18(26)14-5-1-2-6-15(14)19(24)27)22-9-11-23(12-10-22)20(28)16-7-3-4-8-21-16/h1-8H,9-13H2. The summed E-state index contributed by atoms with van der Waals surface area (Å²) in [4.78, 5) is 58.1. The van der Waals surface area contributed by atoms with Gasteiger partial charge in [-0.3, -0.25) is 29.1 Å². The summed E-state index contributed by atoms with van der Waals surface area (Å²) in [6.45, 7) is 1.16. The lowest BCUT2D eigenvalue weighted by Gasteiger charge is -2.35. The van der Waals surface area contributed by atoms with Gasteiger partial charge in [-0.15, -0.1) is 0 Å². The summed E-state index contributed by atoms with van der Waals surface area (Å²) >= 11 is 0. The molecule has 142 valence electrons. The maximum absolute atomic E-state index is 12.6. The highest BCUT2D eigenvalue weighted by Gasteiger charge is 2.37. The highest BCUT2D eigenvalue weighted by molar-refractivity contribution is 6.22. The third-order valence-corrected chi connectivity index (χ3v) is 4.98. The highest BCUT2D eigenvalue weighted by atomic mass is 16.2. The lowest BCUT2D eigenvalue weighted by Crippen LogP contribution is -2.53. The van der Waals surface area contributed by atoms with Crippen LogP contribution in [0.25, 0.3) is 0 Å². The van der Waals surface area contributed by atoms with Crippen molar-refractivity contribution in [3.05, 3.63) is 65.5 Å². The van der Waals surface area contributed by atoms with Crippen LogP contribution in [-0.4, -0.2) is 76.0 Å². The summed E-state index contributed by atoms with van der Waals surface area (Å²) in [5.74, 6) is -1.37. The second-order valence-electron chi connectivity index (χ2n) is 6.63. The van der Waals surface area contributed by atoms with E-state index in [0.717, 1.165) is 4.90 Å². The van der Waals surface area contributed by atoms with E-state index in [1.165, 1.54) is 0 Å². The number of pyridine rings is 1. The molecule has 0 radical (unpaired) electrons. The highest BCUT2D eigenvalue weighted by Crippen LogP contribution is 2.22. The molecule has 1 fully saturated rings. The van der Waals surface area contributed by atoms with Crippen molar-refractivity contribution < 1.29 is 19.2 Å². The Hall–Kier alpha value is -3.55. The Bertz CT molecular complexity index is 917. The molecule has 2 aliphatic rings. The van der Waals surface area contributed by atoms with Gasteiger partial charge in [0, 0.05) is 32.4 Å². The third kappa shape index (κ3) is 3.13. The first kappa shape index (κ1) is 17.8. The van der Waals surface area contributed by atoms with E-state index in [0.29, 0.717) is 43.0 Å². The number of fused-ring (bicyclic) bond motifs is 1. The van der Waals surface area contributed by atoms with Gasteiger partial charge in [0.2, 0.25) is 5.91 Å². The quantitative estimate of drug-likeness (QED) is 0.732. The first-order valence-corrected chi connectivity index (χ1v) is 8.99. The Balaban J connectivity index is 1.36. The SMILES string of the molecule is O=C(CN1C(=O)c2ccccc2C1=O)N1CCN(C(=O)c2ccccn2)CC1. The molecule has 4 amide bonds. The zero-order valence-electron chi connectivity index (χ0n) is 15.1. The van der Waals surface area contributed by atoms with Crippen LogP contribution in [0.2, 0.25) is 0 Å². The van der Waals surface area contributed by atoms with Gasteiger partial charge in [0.05, 0.1) is 11.1 Å². The summed E-state index contributed by atoms with van der Waals surface area (Å²) in [6, 6.07) is 11.7. The van der Waals surface area contributed by atoms with Crippen LogP contribution in [0.15, 0.2) is 48.7 Å². The molecule has 0 N–H and O–H groups in total. The molecule has 28 heavy (non-hydrogen) atoms. The van der Waals surface area contributed by atoms with Crippen molar-refractivity contribution in [2.75, 3.05) is 32.7 Å². The summed E-state index contributed by atoms with van der Waals surface area (Å²) in [5.41, 5.74) is 1.02. The molecule has 4 rings (SSSR count). The molecule has 0 spiro atoms. The number of aromatic nitrogens is 1. The number of nitrogens with zero attached hydrogens (tertiary/aromatic N) is 4. The molecule has 2 aromatic rings. The molecule has 0 unspecified atom stereocenters. The summed E-state index contributed by atoms with van der Waals surface area (Å²) < 4.78 is 0. The average Bonchev–Trinajstić information content (AvgIpc) is 2.99. The zero-order chi connectivity index (χ0) is 19.7. The Kier molecular flexibility index (Phi) is 4.60. The van der Waals surface area contributed by atoms with Gasteiger partial charge < -0.3 is 9.80 Å². The van der Waals surface area contributed by atoms with Crippen LogP contribution in [0, 0.1) is 0 Å². The number of piperazine rings is 1. The van der Waals surface area contributed by atoms with Crippen molar-refractivity contribution >= 4 is 23.6 Å². The van der Waals surface area contributed by atoms with Crippen LogP contribution in [0.5, 0.6) is 0 Å². The number of rotatable bonds is 3. The molecular formula is C20H18N4O4. The van der Waals surface area contributed by atoms with Crippen molar-refractivity contribution in [3.8, 4) is 0 Å². The van der Waals surface area contributed by atoms with Crippen molar-refractivity contribution in [3.63, 3.8) is 0 Å². The van der Waals surface area contributed by atoms with E-state index >= 15 is 0 Å². The maximum atomic E-state index is 12.6. The molecule has 1 aromatic heterocycles. The van der Waals surface area contributed by atoms with E-state index in [9.17, 15) is 19.2 Å². The molecule has 2 aliphatic heterocycles. The van der Waals surface area contributed by atoms with Gasteiger partial charge in [0.1, 0.15) is 12.2 Å². The Morgan fingerprint density at radius 3 is 1.96 bits per heavy atom. The fourth-order valence-electron chi connectivity index (χ4n) is 3.43. The predicted octanol–water partition coefficient (Wildman–Crippen LogP) is 0.662. The van der Waals surface area contributed by atoms with Gasteiger partial charge in [0.15, 0.2) is 0 Å². The van der Waals surface area contributed by atoms with Crippen molar-refractivity contribution in [2.24, 2.45) is 0 Å². The summed E-state index contributed by atoms with van der Waals surface area (Å²) in [6.07, 6.45) is 1.56. The molecule has 0 atom stereocenters. The predicted molar refractivity (Wildman–Crippen MR) is 98.5 cm³/mol. The smallest absolute Gasteiger partial charge is 0.272 e. The lowest BCUT2D eigenvalue weighted by atomic mass is 10.1. The van der Waals surface area contributed by atoms with Crippen molar-refractivity contribution in [1.29, 1.82) is 0 Å². The van der Waals surface area contributed by atoms with E-state index in [1.54, 1.807) is 58.5 Å². The molecule has 1 aromatic carbocycles. The molecule has 0 aliphatic carbocycles. The van der Waals surface area contributed by atoms with Gasteiger partial charge in [-0.1, -0.05) is 18.2 Å². The topological polar surface area (TPSA) is 90.9 Å². The fourth-order valence-corrected chi connectivity index (χ4v) is 3.43. The van der Waals surface area contributed by atoms with E-state index in [1.807, 2.05) is 0 Å². The van der Waals surface area contributed by atoms with Gasteiger partial charge in [-0.05, 0) is 24.3 Å². The minimum absolute atomic E-state index is 0.173. The summed E-state index contributed by atoms with van der Waals surface area (Å²) in [7, 11) is 0. The lowest BCUT2D eigenvalue weighted by molar-refractivity contribution is -0.132. The second-order valence-corrected chi connectivity index (χ2v) is 6.63. The molecule has 1 saturated heterocycles. The Morgan fingerprint density at radius 2 is 1.39 bits per heavy atom. The average molecular weight is 378 g/mol. The third-order valence-electron chi connectivity index (χ3n) is 4.98. The fraction of sp³-hybridized carbons (Fsp3) is 0.250. The number of hydrogen-bond donors (Lipinski definition) is 0. The molecular weight excluding hydrogens is 360 g/mol. The van der Waals surface area contributed by atoms with Gasteiger partial charge in [0.25, 0.3) is 17.7 Å². The summed E-state index contributed by atoms with van der Waals surface area (Å²) in [5, 5.41) is 0. The Morgan fingerprint density at radius 1 is 0.821 bits per heavy atom. The van der Waals surface area contributed by atoms with Crippen LogP contribution in [0.4, 0.5) is 0 Å². The minimum Gasteiger partial charge on any atom is -0.338 e. The van der Waals surface area contributed by atoms with E-state index < -0.39 is 11.8 Å². The van der Waals surface area contributed by atoms with Crippen LogP contribution in [0.1, 0.15) is 31.2 Å². The van der Waals surface area contributed by atoms with E-state index in [-0.39, 0.29) is 18.4 Å². The molecule has 8 nitrogen and oxygen atoms in total. The zero-order valence-corrected chi connectivity index (χ0v) is 15.1. The minimum atomic E-state index is -0.446. The van der Waals surface area contributed by atoms with E-state index in [2.05, 4.69) is 4.98 Å². The monoisotopic (exact) mass is 378 g/mol.